The van der Waals surface area contributed by atoms with Gasteiger partial charge in [0.15, 0.2) is 5.78 Å². The number of hydrogen-bond donors (Lipinski definition) is 0. The molecule has 3 nitrogen and oxygen atoms in total. The van der Waals surface area contributed by atoms with E-state index in [0.29, 0.717) is 6.61 Å². The monoisotopic (exact) mass is 192 g/mol. The zero-order valence-corrected chi connectivity index (χ0v) is 8.08. The molecule has 1 spiro atoms. The molecule has 14 heavy (non-hydrogen) atoms. The van der Waals surface area contributed by atoms with E-state index in [1.54, 1.807) is 12.2 Å². The van der Waals surface area contributed by atoms with Gasteiger partial charge in [0.1, 0.15) is 0 Å². The van der Waals surface area contributed by atoms with E-state index in [1.807, 2.05) is 0 Å². The topological polar surface area (TPSA) is 35.5 Å². The molecule has 2 unspecified atom stereocenters. The van der Waals surface area contributed by atoms with Crippen LogP contribution in [0.2, 0.25) is 0 Å². The molecule has 0 amide bonds. The van der Waals surface area contributed by atoms with Crippen molar-refractivity contribution >= 4 is 5.78 Å². The second-order valence-electron chi connectivity index (χ2n) is 4.41. The maximum Gasteiger partial charge on any atom is 0.212 e. The van der Waals surface area contributed by atoms with E-state index in [0.717, 1.165) is 18.4 Å². The lowest BCUT2D eigenvalue weighted by Gasteiger charge is -2.37. The first-order valence-electron chi connectivity index (χ1n) is 4.90. The van der Waals surface area contributed by atoms with Gasteiger partial charge in [-0.25, -0.2) is 0 Å². The third-order valence-electron chi connectivity index (χ3n) is 3.14. The van der Waals surface area contributed by atoms with Gasteiger partial charge in [-0.2, -0.15) is 0 Å². The molecular formula is C11H12O3. The fourth-order valence-electron chi connectivity index (χ4n) is 2.31. The highest BCUT2D eigenvalue weighted by Gasteiger charge is 2.53. The molecule has 0 aromatic rings. The van der Waals surface area contributed by atoms with E-state index >= 15 is 0 Å². The van der Waals surface area contributed by atoms with Crippen molar-refractivity contribution in [3.8, 4) is 0 Å². The van der Waals surface area contributed by atoms with Crippen molar-refractivity contribution in [2.24, 2.45) is 0 Å². The Hall–Kier alpha value is -0.930. The molecule has 3 aliphatic rings. The van der Waals surface area contributed by atoms with Crippen molar-refractivity contribution in [3.63, 3.8) is 0 Å². The minimum atomic E-state index is -0.707. The van der Waals surface area contributed by atoms with Crippen molar-refractivity contribution in [1.82, 2.24) is 0 Å². The Morgan fingerprint density at radius 2 is 2.36 bits per heavy atom. The second kappa shape index (κ2) is 2.35. The second-order valence-corrected chi connectivity index (χ2v) is 4.41. The maximum atomic E-state index is 11.2. The average Bonchev–Trinajstić information content (AvgIpc) is 2.42. The molecule has 2 saturated heterocycles. The van der Waals surface area contributed by atoms with Crippen LogP contribution in [0.3, 0.4) is 0 Å². The smallest absolute Gasteiger partial charge is 0.212 e. The van der Waals surface area contributed by atoms with Crippen LogP contribution in [0, 0.1) is 0 Å². The molecule has 0 radical (unpaired) electrons. The lowest BCUT2D eigenvalue weighted by atomic mass is 9.88. The van der Waals surface area contributed by atoms with Crippen molar-refractivity contribution in [3.05, 3.63) is 23.8 Å². The summed E-state index contributed by atoms with van der Waals surface area (Å²) >= 11 is 0. The number of carbonyl (C=O) groups is 1. The minimum absolute atomic E-state index is 0.0355. The first kappa shape index (κ1) is 8.38. The van der Waals surface area contributed by atoms with Crippen molar-refractivity contribution < 1.29 is 14.3 Å². The molecule has 2 bridgehead atoms. The van der Waals surface area contributed by atoms with Crippen LogP contribution >= 0.6 is 0 Å². The Bertz CT molecular complexity index is 369. The number of allylic oxidation sites excluding steroid dienone is 2. The molecule has 2 atom stereocenters. The van der Waals surface area contributed by atoms with E-state index in [4.69, 9.17) is 9.47 Å². The molecular weight excluding hydrogens is 180 g/mol. The van der Waals surface area contributed by atoms with Gasteiger partial charge in [0, 0.05) is 0 Å². The molecule has 2 fully saturated rings. The summed E-state index contributed by atoms with van der Waals surface area (Å²) in [4.78, 5) is 11.2. The van der Waals surface area contributed by atoms with Crippen LogP contribution in [-0.2, 0) is 14.3 Å². The highest BCUT2D eigenvalue weighted by molar-refractivity contribution is 6.01. The van der Waals surface area contributed by atoms with Gasteiger partial charge in [0.05, 0.1) is 12.2 Å². The normalized spacial score (nSPS) is 44.9. The number of ketones is 1. The van der Waals surface area contributed by atoms with Crippen LogP contribution in [-0.4, -0.2) is 23.8 Å². The molecule has 0 N–H and O–H groups in total. The number of rotatable bonds is 0. The minimum Gasteiger partial charge on any atom is -0.340 e. The van der Waals surface area contributed by atoms with Gasteiger partial charge < -0.3 is 9.47 Å². The zero-order valence-electron chi connectivity index (χ0n) is 8.08. The summed E-state index contributed by atoms with van der Waals surface area (Å²) in [7, 11) is 0. The van der Waals surface area contributed by atoms with Crippen LogP contribution in [0.15, 0.2) is 23.8 Å². The Morgan fingerprint density at radius 3 is 3.21 bits per heavy atom. The molecule has 3 rings (SSSR count). The van der Waals surface area contributed by atoms with Gasteiger partial charge in [-0.05, 0) is 43.6 Å². The summed E-state index contributed by atoms with van der Waals surface area (Å²) < 4.78 is 11.6. The fourth-order valence-corrected chi connectivity index (χ4v) is 2.31. The highest BCUT2D eigenvalue weighted by Crippen LogP contribution is 2.47. The molecule has 0 saturated carbocycles. The maximum absolute atomic E-state index is 11.2. The molecule has 0 aromatic carbocycles. The van der Waals surface area contributed by atoms with E-state index in [2.05, 4.69) is 6.92 Å². The summed E-state index contributed by atoms with van der Waals surface area (Å²) in [5, 5.41) is 0. The number of carbonyl (C=O) groups excluding carboxylic acids is 1. The quantitative estimate of drug-likeness (QED) is 0.581. The van der Waals surface area contributed by atoms with E-state index < -0.39 is 5.79 Å². The van der Waals surface area contributed by atoms with Gasteiger partial charge in [0.25, 0.3) is 0 Å². The summed E-state index contributed by atoms with van der Waals surface area (Å²) in [6.07, 6.45) is 6.74. The highest BCUT2D eigenvalue weighted by atomic mass is 16.8. The largest absolute Gasteiger partial charge is 0.340 e. The summed E-state index contributed by atoms with van der Waals surface area (Å²) in [5.41, 5.74) is 0.808. The van der Waals surface area contributed by atoms with E-state index in [-0.39, 0.29) is 11.4 Å². The third-order valence-corrected chi connectivity index (χ3v) is 3.14. The van der Waals surface area contributed by atoms with Crippen molar-refractivity contribution in [2.45, 2.75) is 31.2 Å². The number of hydrogen-bond acceptors (Lipinski definition) is 3. The van der Waals surface area contributed by atoms with Gasteiger partial charge in [-0.1, -0.05) is 0 Å². The Balaban J connectivity index is 2.06. The molecule has 3 heteroatoms. The summed E-state index contributed by atoms with van der Waals surface area (Å²) in [6.45, 7) is 2.67. The summed E-state index contributed by atoms with van der Waals surface area (Å²) in [5.74, 6) is -0.672. The van der Waals surface area contributed by atoms with Gasteiger partial charge in [-0.3, -0.25) is 4.79 Å². The lowest BCUT2D eigenvalue weighted by molar-refractivity contribution is -0.142. The van der Waals surface area contributed by atoms with E-state index in [9.17, 15) is 4.79 Å². The fraction of sp³-hybridized carbons (Fsp3) is 0.545. The predicted octanol–water partition coefficient (Wildman–Crippen LogP) is 1.35. The summed E-state index contributed by atoms with van der Waals surface area (Å²) in [6, 6.07) is 0. The molecule has 2 heterocycles. The Kier molecular flexibility index (Phi) is 1.41. The lowest BCUT2D eigenvalue weighted by Crippen LogP contribution is -2.41. The Morgan fingerprint density at radius 1 is 1.50 bits per heavy atom. The van der Waals surface area contributed by atoms with Crippen LogP contribution in [0.4, 0.5) is 0 Å². The van der Waals surface area contributed by atoms with Gasteiger partial charge in [0.2, 0.25) is 5.79 Å². The SMILES string of the molecule is CC12CCC3=CC(=O)C=CC3(OC1)O2. The third kappa shape index (κ3) is 0.967. The first-order chi connectivity index (χ1) is 6.62. The zero-order chi connectivity index (χ0) is 9.81. The predicted molar refractivity (Wildman–Crippen MR) is 49.6 cm³/mol. The van der Waals surface area contributed by atoms with Crippen LogP contribution in [0.25, 0.3) is 0 Å². The Labute approximate surface area is 82.4 Å². The molecule has 74 valence electrons. The van der Waals surface area contributed by atoms with Crippen LogP contribution in [0.1, 0.15) is 19.8 Å². The van der Waals surface area contributed by atoms with Crippen LogP contribution < -0.4 is 0 Å². The molecule has 1 aliphatic carbocycles. The van der Waals surface area contributed by atoms with Crippen LogP contribution in [0.5, 0.6) is 0 Å². The number of fused-ring (bicyclic) bond motifs is 1. The van der Waals surface area contributed by atoms with Crippen molar-refractivity contribution in [2.75, 3.05) is 6.61 Å². The average molecular weight is 192 g/mol. The number of ether oxygens (including phenoxy) is 2. The molecule has 2 aliphatic heterocycles. The van der Waals surface area contributed by atoms with E-state index in [1.165, 1.54) is 6.08 Å². The molecule has 0 aromatic heterocycles. The van der Waals surface area contributed by atoms with Crippen molar-refractivity contribution in [1.29, 1.82) is 0 Å². The van der Waals surface area contributed by atoms with Gasteiger partial charge in [-0.15, -0.1) is 0 Å². The van der Waals surface area contributed by atoms with Gasteiger partial charge >= 0.3 is 0 Å². The standard InChI is InChI=1S/C11H12O3/c1-10-4-2-8-6-9(12)3-5-11(8,14-10)13-7-10/h3,5-6H,2,4,7H2,1H3. The first-order valence-corrected chi connectivity index (χ1v) is 4.90.